The highest BCUT2D eigenvalue weighted by molar-refractivity contribution is 6.37. The van der Waals surface area contributed by atoms with E-state index in [1.807, 2.05) is 6.92 Å². The van der Waals surface area contributed by atoms with Gasteiger partial charge in [0.1, 0.15) is 0 Å². The van der Waals surface area contributed by atoms with Crippen molar-refractivity contribution >= 4 is 35.1 Å². The second kappa shape index (κ2) is 5.79. The van der Waals surface area contributed by atoms with Gasteiger partial charge in [-0.2, -0.15) is 0 Å². The van der Waals surface area contributed by atoms with Gasteiger partial charge in [-0.05, 0) is 18.2 Å². The number of nitrogens with two attached hydrogens (primary N) is 1. The molecule has 15 heavy (non-hydrogen) atoms. The normalized spacial score (nSPS) is 12.3. The smallest absolute Gasteiger partial charge is 0.0986 e. The molecule has 0 heterocycles. The number of hydrogen-bond donors (Lipinski definition) is 1. The lowest BCUT2D eigenvalue weighted by molar-refractivity contribution is 1.24. The third-order valence-corrected chi connectivity index (χ3v) is 2.50. The van der Waals surface area contributed by atoms with Crippen molar-refractivity contribution in [3.63, 3.8) is 0 Å². The van der Waals surface area contributed by atoms with Gasteiger partial charge in [0.05, 0.1) is 5.84 Å². The maximum Gasteiger partial charge on any atom is 0.0986 e. The zero-order valence-electron chi connectivity index (χ0n) is 8.37. The topological polar surface area (TPSA) is 38.4 Å². The number of aliphatic imine (C=N–C) groups is 1. The van der Waals surface area contributed by atoms with Crippen LogP contribution >= 0.6 is 23.2 Å². The molecule has 1 aromatic rings. The van der Waals surface area contributed by atoms with E-state index in [0.29, 0.717) is 15.9 Å². The summed E-state index contributed by atoms with van der Waals surface area (Å²) in [5, 5.41) is 1.20. The number of hydrogen-bond acceptors (Lipinski definition) is 1. The van der Waals surface area contributed by atoms with Gasteiger partial charge in [0.25, 0.3) is 0 Å². The first-order chi connectivity index (χ1) is 7.15. The Morgan fingerprint density at radius 2 is 2.00 bits per heavy atom. The van der Waals surface area contributed by atoms with E-state index in [1.165, 1.54) is 0 Å². The number of amidine groups is 1. The van der Waals surface area contributed by atoms with Gasteiger partial charge in [0, 0.05) is 28.2 Å². The van der Waals surface area contributed by atoms with Crippen LogP contribution in [0.15, 0.2) is 29.4 Å². The van der Waals surface area contributed by atoms with E-state index in [2.05, 4.69) is 4.99 Å². The third-order valence-electron chi connectivity index (χ3n) is 1.84. The van der Waals surface area contributed by atoms with Gasteiger partial charge in [-0.15, -0.1) is 0 Å². The Morgan fingerprint density at radius 1 is 1.40 bits per heavy atom. The SMILES string of the molecule is CCC(N)=N/C=C/c1c(Cl)cccc1Cl. The molecule has 0 bridgehead atoms. The summed E-state index contributed by atoms with van der Waals surface area (Å²) in [6.07, 6.45) is 4.07. The highest BCUT2D eigenvalue weighted by Gasteiger charge is 2.00. The molecule has 0 spiro atoms. The van der Waals surface area contributed by atoms with Gasteiger partial charge < -0.3 is 5.73 Å². The van der Waals surface area contributed by atoms with E-state index in [9.17, 15) is 0 Å². The molecule has 0 fully saturated rings. The highest BCUT2D eigenvalue weighted by atomic mass is 35.5. The highest BCUT2D eigenvalue weighted by Crippen LogP contribution is 2.25. The first-order valence-electron chi connectivity index (χ1n) is 4.58. The third kappa shape index (κ3) is 3.57. The van der Waals surface area contributed by atoms with Crippen LogP contribution in [0.25, 0.3) is 6.08 Å². The minimum absolute atomic E-state index is 0.578. The Morgan fingerprint density at radius 3 is 2.53 bits per heavy atom. The molecule has 0 aliphatic rings. The van der Waals surface area contributed by atoms with Crippen molar-refractivity contribution in [3.05, 3.63) is 40.0 Å². The number of nitrogens with zero attached hydrogens (tertiary/aromatic N) is 1. The van der Waals surface area contributed by atoms with Crippen LogP contribution in [-0.4, -0.2) is 5.84 Å². The molecule has 0 saturated heterocycles. The number of benzene rings is 1. The molecule has 4 heteroatoms. The summed E-state index contributed by atoms with van der Waals surface area (Å²) in [5.41, 5.74) is 6.30. The molecule has 2 nitrogen and oxygen atoms in total. The van der Waals surface area contributed by atoms with E-state index >= 15 is 0 Å². The fourth-order valence-corrected chi connectivity index (χ4v) is 1.49. The first kappa shape index (κ1) is 12.1. The fourth-order valence-electron chi connectivity index (χ4n) is 0.969. The van der Waals surface area contributed by atoms with Gasteiger partial charge in [0.2, 0.25) is 0 Å². The maximum atomic E-state index is 5.96. The minimum Gasteiger partial charge on any atom is -0.387 e. The predicted molar refractivity (Wildman–Crippen MR) is 67.4 cm³/mol. The average molecular weight is 243 g/mol. The van der Waals surface area contributed by atoms with Crippen LogP contribution in [0.1, 0.15) is 18.9 Å². The van der Waals surface area contributed by atoms with Crippen LogP contribution in [-0.2, 0) is 0 Å². The molecule has 1 aromatic carbocycles. The van der Waals surface area contributed by atoms with Gasteiger partial charge in [-0.3, -0.25) is 0 Å². The molecule has 1 rings (SSSR count). The van der Waals surface area contributed by atoms with E-state index < -0.39 is 0 Å². The summed E-state index contributed by atoms with van der Waals surface area (Å²) in [6, 6.07) is 5.35. The molecular weight excluding hydrogens is 231 g/mol. The summed E-state index contributed by atoms with van der Waals surface area (Å²) < 4.78 is 0. The van der Waals surface area contributed by atoms with E-state index in [0.717, 1.165) is 12.0 Å². The van der Waals surface area contributed by atoms with E-state index in [-0.39, 0.29) is 0 Å². The summed E-state index contributed by atoms with van der Waals surface area (Å²) in [4.78, 5) is 4.02. The Labute approximate surface area is 99.4 Å². The zero-order chi connectivity index (χ0) is 11.3. The van der Waals surface area contributed by atoms with E-state index in [1.54, 1.807) is 30.5 Å². The Bertz CT molecular complexity index is 377. The summed E-state index contributed by atoms with van der Waals surface area (Å²) in [7, 11) is 0. The Balaban J connectivity index is 2.90. The van der Waals surface area contributed by atoms with Gasteiger partial charge in [-0.1, -0.05) is 36.2 Å². The molecule has 0 atom stereocenters. The molecule has 80 valence electrons. The minimum atomic E-state index is 0.578. The molecule has 0 saturated carbocycles. The van der Waals surface area contributed by atoms with Crippen molar-refractivity contribution in [1.29, 1.82) is 0 Å². The molecule has 0 aromatic heterocycles. The quantitative estimate of drug-likeness (QED) is 0.637. The molecule has 0 unspecified atom stereocenters. The molecular formula is C11H12Cl2N2. The molecule has 0 aliphatic carbocycles. The van der Waals surface area contributed by atoms with Gasteiger partial charge >= 0.3 is 0 Å². The molecule has 0 radical (unpaired) electrons. The van der Waals surface area contributed by atoms with Crippen molar-refractivity contribution < 1.29 is 0 Å². The van der Waals surface area contributed by atoms with Gasteiger partial charge in [-0.25, -0.2) is 4.99 Å². The van der Waals surface area contributed by atoms with Crippen molar-refractivity contribution in [1.82, 2.24) is 0 Å². The summed E-state index contributed by atoms with van der Waals surface area (Å²) in [6.45, 7) is 1.94. The van der Waals surface area contributed by atoms with Crippen LogP contribution in [0, 0.1) is 0 Å². The van der Waals surface area contributed by atoms with Crippen LogP contribution in [0.4, 0.5) is 0 Å². The zero-order valence-corrected chi connectivity index (χ0v) is 9.89. The standard InChI is InChI=1S/C11H12Cl2N2/c1-2-11(14)15-7-6-8-9(12)4-3-5-10(8)13/h3-7H,2H2,1H3,(H2,14,15)/b7-6+. The fraction of sp³-hybridized carbons (Fsp3) is 0.182. The van der Waals surface area contributed by atoms with Crippen molar-refractivity contribution in [2.75, 3.05) is 0 Å². The second-order valence-electron chi connectivity index (χ2n) is 2.93. The first-order valence-corrected chi connectivity index (χ1v) is 5.33. The number of rotatable bonds is 3. The molecule has 2 N–H and O–H groups in total. The Hall–Kier alpha value is -0.990. The average Bonchev–Trinajstić information content (AvgIpc) is 2.22. The maximum absolute atomic E-state index is 5.96. The van der Waals surface area contributed by atoms with Crippen LogP contribution < -0.4 is 5.73 Å². The van der Waals surface area contributed by atoms with Crippen LogP contribution in [0.5, 0.6) is 0 Å². The van der Waals surface area contributed by atoms with Crippen molar-refractivity contribution in [2.45, 2.75) is 13.3 Å². The van der Waals surface area contributed by atoms with Crippen molar-refractivity contribution in [3.8, 4) is 0 Å². The largest absolute Gasteiger partial charge is 0.387 e. The lowest BCUT2D eigenvalue weighted by Gasteiger charge is -1.99. The van der Waals surface area contributed by atoms with Crippen LogP contribution in [0.2, 0.25) is 10.0 Å². The summed E-state index contributed by atoms with van der Waals surface area (Å²) >= 11 is 11.9. The van der Waals surface area contributed by atoms with E-state index in [4.69, 9.17) is 28.9 Å². The Kier molecular flexibility index (Phi) is 4.66. The predicted octanol–water partition coefficient (Wildman–Crippen LogP) is 3.73. The van der Waals surface area contributed by atoms with Crippen molar-refractivity contribution in [2.24, 2.45) is 10.7 Å². The summed E-state index contributed by atoms with van der Waals surface area (Å²) in [5.74, 6) is 0.578. The lowest BCUT2D eigenvalue weighted by Crippen LogP contribution is -2.08. The van der Waals surface area contributed by atoms with Crippen LogP contribution in [0.3, 0.4) is 0 Å². The van der Waals surface area contributed by atoms with Gasteiger partial charge in [0.15, 0.2) is 0 Å². The second-order valence-corrected chi connectivity index (χ2v) is 3.74. The number of halogens is 2. The monoisotopic (exact) mass is 242 g/mol. The molecule has 0 aliphatic heterocycles. The molecule has 0 amide bonds. The lowest BCUT2D eigenvalue weighted by atomic mass is 10.2.